The van der Waals surface area contributed by atoms with Crippen molar-refractivity contribution in [1.29, 1.82) is 0 Å². The van der Waals surface area contributed by atoms with Gasteiger partial charge in [0.2, 0.25) is 0 Å². The van der Waals surface area contributed by atoms with Crippen LogP contribution in [0.5, 0.6) is 0 Å². The van der Waals surface area contributed by atoms with E-state index in [-0.39, 0.29) is 10.6 Å². The van der Waals surface area contributed by atoms with Gasteiger partial charge in [0.1, 0.15) is 11.6 Å². The Morgan fingerprint density at radius 3 is 2.63 bits per heavy atom. The molecule has 0 aliphatic carbocycles. The molecule has 19 heavy (non-hydrogen) atoms. The third kappa shape index (κ3) is 3.63. The van der Waals surface area contributed by atoms with Crippen molar-refractivity contribution in [2.75, 3.05) is 13.2 Å². The maximum atomic E-state index is 13.9. The van der Waals surface area contributed by atoms with Crippen LogP contribution in [0.25, 0.3) is 0 Å². The van der Waals surface area contributed by atoms with E-state index >= 15 is 0 Å². The zero-order chi connectivity index (χ0) is 13.8. The normalized spacial score (nSPS) is 18.5. The predicted molar refractivity (Wildman–Crippen MR) is 69.6 cm³/mol. The van der Waals surface area contributed by atoms with Gasteiger partial charge in [-0.15, -0.1) is 0 Å². The molecule has 1 aromatic rings. The Morgan fingerprint density at radius 1 is 1.32 bits per heavy atom. The minimum Gasteiger partial charge on any atom is -0.381 e. The first-order valence-electron chi connectivity index (χ1n) is 6.30. The van der Waals surface area contributed by atoms with Crippen molar-refractivity contribution in [3.63, 3.8) is 0 Å². The second-order valence-corrected chi connectivity index (χ2v) is 5.21. The van der Waals surface area contributed by atoms with Crippen LogP contribution in [0.4, 0.5) is 8.78 Å². The van der Waals surface area contributed by atoms with Crippen molar-refractivity contribution in [2.24, 2.45) is 11.8 Å². The molecule has 3 nitrogen and oxygen atoms in total. The SMILES string of the molecule is NNC(CC1CCOCC1)c1cc(F)c(Cl)cc1F. The van der Waals surface area contributed by atoms with Gasteiger partial charge in [-0.25, -0.2) is 8.78 Å². The van der Waals surface area contributed by atoms with Crippen molar-refractivity contribution < 1.29 is 13.5 Å². The molecule has 106 valence electrons. The van der Waals surface area contributed by atoms with Gasteiger partial charge in [0.25, 0.3) is 0 Å². The van der Waals surface area contributed by atoms with Crippen molar-refractivity contribution in [3.05, 3.63) is 34.4 Å². The molecule has 1 saturated heterocycles. The maximum Gasteiger partial charge on any atom is 0.142 e. The lowest BCUT2D eigenvalue weighted by Gasteiger charge is -2.26. The minimum absolute atomic E-state index is 0.218. The molecule has 1 aliphatic heterocycles. The molecule has 1 aromatic carbocycles. The van der Waals surface area contributed by atoms with Crippen LogP contribution >= 0.6 is 11.6 Å². The van der Waals surface area contributed by atoms with Gasteiger partial charge in [-0.2, -0.15) is 0 Å². The van der Waals surface area contributed by atoms with Crippen LogP contribution in [-0.2, 0) is 4.74 Å². The van der Waals surface area contributed by atoms with E-state index in [1.807, 2.05) is 0 Å². The number of hydrazine groups is 1. The fourth-order valence-corrected chi connectivity index (χ4v) is 2.56. The average molecular weight is 291 g/mol. The summed E-state index contributed by atoms with van der Waals surface area (Å²) in [5, 5.41) is -0.219. The highest BCUT2D eigenvalue weighted by atomic mass is 35.5. The van der Waals surface area contributed by atoms with E-state index in [2.05, 4.69) is 5.43 Å². The molecular weight excluding hydrogens is 274 g/mol. The van der Waals surface area contributed by atoms with E-state index in [0.29, 0.717) is 25.6 Å². The topological polar surface area (TPSA) is 47.3 Å². The smallest absolute Gasteiger partial charge is 0.142 e. The van der Waals surface area contributed by atoms with Gasteiger partial charge in [0.05, 0.1) is 5.02 Å². The monoisotopic (exact) mass is 290 g/mol. The Hall–Kier alpha value is -0.750. The second kappa shape index (κ2) is 6.61. The fraction of sp³-hybridized carbons (Fsp3) is 0.538. The summed E-state index contributed by atoms with van der Waals surface area (Å²) in [6, 6.07) is 1.68. The summed E-state index contributed by atoms with van der Waals surface area (Å²) in [5.41, 5.74) is 2.78. The fourth-order valence-electron chi connectivity index (χ4n) is 2.41. The molecule has 3 N–H and O–H groups in total. The first-order chi connectivity index (χ1) is 9.11. The van der Waals surface area contributed by atoms with Crippen LogP contribution in [0.15, 0.2) is 12.1 Å². The van der Waals surface area contributed by atoms with E-state index in [1.165, 1.54) is 0 Å². The van der Waals surface area contributed by atoms with E-state index in [1.54, 1.807) is 0 Å². The van der Waals surface area contributed by atoms with Crippen molar-refractivity contribution >= 4 is 11.6 Å². The summed E-state index contributed by atoms with van der Waals surface area (Å²) in [5.74, 6) is 4.70. The standard InChI is InChI=1S/C13H17ClF2N2O/c14-10-7-11(15)9(6-12(10)16)13(18-17)5-8-1-3-19-4-2-8/h6-8,13,18H,1-5,17H2. The van der Waals surface area contributed by atoms with Gasteiger partial charge < -0.3 is 4.74 Å². The first kappa shape index (κ1) is 14.7. The third-order valence-corrected chi connectivity index (χ3v) is 3.82. The molecule has 0 spiro atoms. The van der Waals surface area contributed by atoms with E-state index in [0.717, 1.165) is 25.0 Å². The van der Waals surface area contributed by atoms with Crippen LogP contribution in [0.3, 0.4) is 0 Å². The number of hydrogen-bond donors (Lipinski definition) is 2. The Balaban J connectivity index is 2.14. The first-order valence-corrected chi connectivity index (χ1v) is 6.68. The lowest BCUT2D eigenvalue weighted by molar-refractivity contribution is 0.0604. The summed E-state index contributed by atoms with van der Waals surface area (Å²) in [6.45, 7) is 1.42. The minimum atomic E-state index is -0.634. The molecule has 1 heterocycles. The van der Waals surface area contributed by atoms with E-state index < -0.39 is 17.7 Å². The van der Waals surface area contributed by atoms with Gasteiger partial charge in [-0.05, 0) is 37.3 Å². The molecule has 1 atom stereocenters. The van der Waals surface area contributed by atoms with E-state index in [9.17, 15) is 8.78 Å². The number of rotatable bonds is 4. The summed E-state index contributed by atoms with van der Waals surface area (Å²) >= 11 is 5.54. The van der Waals surface area contributed by atoms with Gasteiger partial charge in [0.15, 0.2) is 0 Å². The number of nitrogens with one attached hydrogen (secondary N) is 1. The summed E-state index contributed by atoms with van der Waals surface area (Å²) in [4.78, 5) is 0. The van der Waals surface area contributed by atoms with Crippen LogP contribution in [0.2, 0.25) is 5.02 Å². The lowest BCUT2D eigenvalue weighted by atomic mass is 9.89. The number of benzene rings is 1. The summed E-state index contributed by atoms with van der Waals surface area (Å²) in [7, 11) is 0. The number of halogens is 3. The summed E-state index contributed by atoms with van der Waals surface area (Å²) < 4.78 is 32.6. The van der Waals surface area contributed by atoms with Crippen LogP contribution in [0, 0.1) is 17.6 Å². The average Bonchev–Trinajstić information content (AvgIpc) is 2.42. The lowest BCUT2D eigenvalue weighted by Crippen LogP contribution is -2.31. The molecular formula is C13H17ClF2N2O. The zero-order valence-corrected chi connectivity index (χ0v) is 11.2. The Morgan fingerprint density at radius 2 is 2.00 bits per heavy atom. The molecule has 6 heteroatoms. The number of hydrogen-bond acceptors (Lipinski definition) is 3. The molecule has 1 unspecified atom stereocenters. The maximum absolute atomic E-state index is 13.9. The van der Waals surface area contributed by atoms with Gasteiger partial charge >= 0.3 is 0 Å². The molecule has 2 rings (SSSR count). The van der Waals surface area contributed by atoms with Gasteiger partial charge in [0, 0.05) is 24.8 Å². The zero-order valence-electron chi connectivity index (χ0n) is 10.5. The van der Waals surface area contributed by atoms with Gasteiger partial charge in [-0.3, -0.25) is 11.3 Å². The van der Waals surface area contributed by atoms with Crippen LogP contribution < -0.4 is 11.3 Å². The Kier molecular flexibility index (Phi) is 5.10. The molecule has 1 aliphatic rings. The predicted octanol–water partition coefficient (Wildman–Crippen LogP) is 2.94. The number of ether oxygens (including phenoxy) is 1. The van der Waals surface area contributed by atoms with Crippen LogP contribution in [-0.4, -0.2) is 13.2 Å². The molecule has 0 radical (unpaired) electrons. The highest BCUT2D eigenvalue weighted by Crippen LogP contribution is 2.30. The summed E-state index contributed by atoms with van der Waals surface area (Å²) in [6.07, 6.45) is 2.48. The Labute approximate surface area is 116 Å². The second-order valence-electron chi connectivity index (χ2n) is 4.80. The number of nitrogens with two attached hydrogens (primary N) is 1. The van der Waals surface area contributed by atoms with Crippen molar-refractivity contribution in [1.82, 2.24) is 5.43 Å². The third-order valence-electron chi connectivity index (χ3n) is 3.53. The molecule has 0 bridgehead atoms. The Bertz CT molecular complexity index is 439. The molecule has 0 aromatic heterocycles. The van der Waals surface area contributed by atoms with Crippen LogP contribution in [0.1, 0.15) is 30.9 Å². The van der Waals surface area contributed by atoms with Gasteiger partial charge in [-0.1, -0.05) is 11.6 Å². The van der Waals surface area contributed by atoms with Crippen molar-refractivity contribution in [3.8, 4) is 0 Å². The van der Waals surface area contributed by atoms with E-state index in [4.69, 9.17) is 22.2 Å². The highest BCUT2D eigenvalue weighted by molar-refractivity contribution is 6.30. The quantitative estimate of drug-likeness (QED) is 0.509. The highest BCUT2D eigenvalue weighted by Gasteiger charge is 2.23. The molecule has 0 saturated carbocycles. The molecule has 0 amide bonds. The van der Waals surface area contributed by atoms with Crippen molar-refractivity contribution in [2.45, 2.75) is 25.3 Å². The largest absolute Gasteiger partial charge is 0.381 e. The molecule has 1 fully saturated rings.